The summed E-state index contributed by atoms with van der Waals surface area (Å²) in [5.41, 5.74) is 9.01. The predicted octanol–water partition coefficient (Wildman–Crippen LogP) is 2.31. The highest BCUT2D eigenvalue weighted by molar-refractivity contribution is 5.45. The third kappa shape index (κ3) is 3.54. The summed E-state index contributed by atoms with van der Waals surface area (Å²) in [4.78, 5) is 2.68. The van der Waals surface area contributed by atoms with Gasteiger partial charge in [-0.05, 0) is 36.2 Å². The van der Waals surface area contributed by atoms with E-state index in [9.17, 15) is 5.26 Å². The molecule has 0 spiro atoms. The van der Waals surface area contributed by atoms with Crippen LogP contribution in [-0.2, 0) is 0 Å². The van der Waals surface area contributed by atoms with Gasteiger partial charge in [-0.3, -0.25) is 5.32 Å². The van der Waals surface area contributed by atoms with Crippen molar-refractivity contribution in [1.29, 1.82) is 5.26 Å². The van der Waals surface area contributed by atoms with E-state index in [2.05, 4.69) is 21.4 Å². The van der Waals surface area contributed by atoms with Gasteiger partial charge in [0.25, 0.3) is 0 Å². The molecule has 1 aromatic carbocycles. The third-order valence-electron chi connectivity index (χ3n) is 2.88. The summed E-state index contributed by atoms with van der Waals surface area (Å²) in [7, 11) is 0. The molecule has 0 radical (unpaired) electrons. The van der Waals surface area contributed by atoms with Crippen molar-refractivity contribution in [2.24, 2.45) is 5.11 Å². The van der Waals surface area contributed by atoms with Crippen LogP contribution in [0.2, 0.25) is 0 Å². The molecule has 0 fully saturated rings. The summed E-state index contributed by atoms with van der Waals surface area (Å²) in [5, 5.41) is 15.8. The van der Waals surface area contributed by atoms with Gasteiger partial charge in [0.1, 0.15) is 19.3 Å². The van der Waals surface area contributed by atoms with Gasteiger partial charge in [0.2, 0.25) is 0 Å². The van der Waals surface area contributed by atoms with Crippen LogP contribution in [-0.4, -0.2) is 26.3 Å². The topological polar surface area (TPSA) is 103 Å². The first-order valence-electron chi connectivity index (χ1n) is 6.38. The summed E-state index contributed by atoms with van der Waals surface area (Å²) in [6.45, 7) is 2.09. The average Bonchev–Trinajstić information content (AvgIpc) is 2.50. The molecular formula is C13H15N5O2. The number of ether oxygens (including phenoxy) is 2. The number of rotatable bonds is 6. The van der Waals surface area contributed by atoms with Gasteiger partial charge in [-0.1, -0.05) is 11.2 Å². The van der Waals surface area contributed by atoms with E-state index in [1.165, 1.54) is 0 Å². The molecule has 0 bridgehead atoms. The Morgan fingerprint density at radius 2 is 2.20 bits per heavy atom. The van der Waals surface area contributed by atoms with Gasteiger partial charge in [-0.15, -0.1) is 0 Å². The van der Waals surface area contributed by atoms with Gasteiger partial charge in [-0.25, -0.2) is 0 Å². The molecule has 0 aromatic heterocycles. The summed E-state index contributed by atoms with van der Waals surface area (Å²) >= 11 is 0. The number of hydrogen-bond donors (Lipinski definition) is 1. The maximum absolute atomic E-state index is 9.22. The number of azide groups is 1. The Labute approximate surface area is 116 Å². The molecule has 1 unspecified atom stereocenters. The molecule has 0 saturated carbocycles. The quantitative estimate of drug-likeness (QED) is 0.371. The van der Waals surface area contributed by atoms with Gasteiger partial charge in [-0.2, -0.15) is 5.26 Å². The monoisotopic (exact) mass is 273 g/mol. The second kappa shape index (κ2) is 7.24. The summed E-state index contributed by atoms with van der Waals surface area (Å²) < 4.78 is 10.9. The summed E-state index contributed by atoms with van der Waals surface area (Å²) in [5.74, 6) is 1.38. The van der Waals surface area contributed by atoms with Crippen molar-refractivity contribution >= 4 is 0 Å². The highest BCUT2D eigenvalue weighted by Gasteiger charge is 2.16. The van der Waals surface area contributed by atoms with Crippen LogP contribution < -0.4 is 14.8 Å². The maximum atomic E-state index is 9.22. The average molecular weight is 273 g/mol. The molecule has 0 saturated heterocycles. The van der Waals surface area contributed by atoms with Gasteiger partial charge >= 0.3 is 0 Å². The molecule has 1 atom stereocenters. The minimum Gasteiger partial charge on any atom is -0.486 e. The third-order valence-corrected chi connectivity index (χ3v) is 2.88. The maximum Gasteiger partial charge on any atom is 0.161 e. The first kappa shape index (κ1) is 14.0. The molecular weight excluding hydrogens is 258 g/mol. The van der Waals surface area contributed by atoms with E-state index in [1.54, 1.807) is 0 Å². The number of benzene rings is 1. The van der Waals surface area contributed by atoms with E-state index in [0.717, 1.165) is 5.56 Å². The van der Waals surface area contributed by atoms with Gasteiger partial charge in [0.05, 0.1) is 6.07 Å². The summed E-state index contributed by atoms with van der Waals surface area (Å²) in [6.07, 6.45) is 0.687. The van der Waals surface area contributed by atoms with Crippen molar-refractivity contribution in [1.82, 2.24) is 5.32 Å². The summed E-state index contributed by atoms with van der Waals surface area (Å²) in [6, 6.07) is 7.27. The van der Waals surface area contributed by atoms with E-state index >= 15 is 0 Å². The van der Waals surface area contributed by atoms with Crippen LogP contribution in [0.1, 0.15) is 18.0 Å². The van der Waals surface area contributed by atoms with Crippen molar-refractivity contribution in [3.05, 3.63) is 34.2 Å². The van der Waals surface area contributed by atoms with Crippen LogP contribution in [0, 0.1) is 11.3 Å². The molecule has 7 nitrogen and oxygen atoms in total. The predicted molar refractivity (Wildman–Crippen MR) is 72.4 cm³/mol. The number of nitrogens with one attached hydrogen (secondary N) is 1. The van der Waals surface area contributed by atoms with Crippen molar-refractivity contribution in [3.63, 3.8) is 0 Å². The molecule has 1 N–H and O–H groups in total. The molecule has 2 rings (SSSR count). The lowest BCUT2D eigenvalue weighted by molar-refractivity contribution is 0.171. The smallest absolute Gasteiger partial charge is 0.161 e. The Kier molecular flexibility index (Phi) is 5.07. The van der Waals surface area contributed by atoms with Gasteiger partial charge < -0.3 is 9.47 Å². The number of hydrogen-bond acceptors (Lipinski definition) is 5. The van der Waals surface area contributed by atoms with Crippen LogP contribution in [0.15, 0.2) is 23.3 Å². The van der Waals surface area contributed by atoms with Crippen LogP contribution in [0.4, 0.5) is 0 Å². The van der Waals surface area contributed by atoms with Crippen LogP contribution in [0.25, 0.3) is 10.4 Å². The van der Waals surface area contributed by atoms with Gasteiger partial charge in [0.15, 0.2) is 11.5 Å². The molecule has 1 aromatic rings. The molecule has 1 heterocycles. The lowest BCUT2D eigenvalue weighted by Crippen LogP contribution is -2.22. The Morgan fingerprint density at radius 3 is 2.95 bits per heavy atom. The molecule has 104 valence electrons. The van der Waals surface area contributed by atoms with E-state index in [-0.39, 0.29) is 0 Å². The van der Waals surface area contributed by atoms with E-state index in [0.29, 0.717) is 44.2 Å². The van der Waals surface area contributed by atoms with Crippen molar-refractivity contribution < 1.29 is 9.47 Å². The fraction of sp³-hybridized carbons (Fsp3) is 0.462. The van der Waals surface area contributed by atoms with Crippen LogP contribution >= 0.6 is 0 Å². The second-order valence-corrected chi connectivity index (χ2v) is 4.23. The zero-order chi connectivity index (χ0) is 14.2. The van der Waals surface area contributed by atoms with E-state index < -0.39 is 6.04 Å². The highest BCUT2D eigenvalue weighted by Crippen LogP contribution is 2.32. The Hall–Kier alpha value is -2.42. The van der Waals surface area contributed by atoms with Gasteiger partial charge in [0, 0.05) is 11.5 Å². The standard InChI is InChI=1S/C13H15N5O2/c14-9-11(16-4-1-5-17-18-15)10-2-3-12-13(8-10)20-7-6-19-12/h2-3,8,11,16H,1,4-7H2. The Balaban J connectivity index is 1.97. The van der Waals surface area contributed by atoms with Crippen LogP contribution in [0.3, 0.4) is 0 Å². The minimum atomic E-state index is -0.420. The zero-order valence-corrected chi connectivity index (χ0v) is 11.0. The zero-order valence-electron chi connectivity index (χ0n) is 11.0. The van der Waals surface area contributed by atoms with E-state index in [4.69, 9.17) is 15.0 Å². The molecule has 20 heavy (non-hydrogen) atoms. The lowest BCUT2D eigenvalue weighted by Gasteiger charge is -2.20. The van der Waals surface area contributed by atoms with Crippen molar-refractivity contribution in [2.75, 3.05) is 26.3 Å². The fourth-order valence-electron chi connectivity index (χ4n) is 1.92. The molecule has 1 aliphatic rings. The van der Waals surface area contributed by atoms with E-state index in [1.807, 2.05) is 18.2 Å². The normalized spacial score (nSPS) is 13.9. The number of nitrogens with zero attached hydrogens (tertiary/aromatic N) is 4. The first-order chi connectivity index (χ1) is 9.85. The Morgan fingerprint density at radius 1 is 1.40 bits per heavy atom. The largest absolute Gasteiger partial charge is 0.486 e. The molecule has 0 aliphatic carbocycles. The second-order valence-electron chi connectivity index (χ2n) is 4.23. The lowest BCUT2D eigenvalue weighted by atomic mass is 10.1. The van der Waals surface area contributed by atoms with Crippen molar-refractivity contribution in [2.45, 2.75) is 12.5 Å². The van der Waals surface area contributed by atoms with Crippen LogP contribution in [0.5, 0.6) is 11.5 Å². The SMILES string of the molecule is N#CC(NCCCN=[N+]=[N-])c1ccc2c(c1)OCCO2. The minimum absolute atomic E-state index is 0.419. The first-order valence-corrected chi connectivity index (χ1v) is 6.38. The highest BCUT2D eigenvalue weighted by atomic mass is 16.6. The molecule has 7 heteroatoms. The fourth-order valence-corrected chi connectivity index (χ4v) is 1.92. The number of nitriles is 1. The Bertz CT molecular complexity index is 548. The van der Waals surface area contributed by atoms with Crippen molar-refractivity contribution in [3.8, 4) is 17.6 Å². The molecule has 1 aliphatic heterocycles. The number of fused-ring (bicyclic) bond motifs is 1. The molecule has 0 amide bonds.